The molecule has 3 rings (SSSR count). The van der Waals surface area contributed by atoms with Crippen LogP contribution in [-0.4, -0.2) is 4.98 Å². The second-order valence-electron chi connectivity index (χ2n) is 5.24. The molecule has 0 radical (unpaired) electrons. The molecule has 2 N–H and O–H groups in total. The molecule has 0 saturated carbocycles. The number of rotatable bonds is 3. The van der Waals surface area contributed by atoms with Crippen LogP contribution in [0.3, 0.4) is 0 Å². The number of hydrogen-bond acceptors (Lipinski definition) is 2. The van der Waals surface area contributed by atoms with Gasteiger partial charge in [0.05, 0.1) is 5.54 Å². The van der Waals surface area contributed by atoms with Crippen LogP contribution in [0.5, 0.6) is 0 Å². The van der Waals surface area contributed by atoms with E-state index in [0.717, 1.165) is 21.9 Å². The number of pyridine rings is 1. The Morgan fingerprint density at radius 3 is 2.71 bits per heavy atom. The molecule has 1 unspecified atom stereocenters. The number of nitrogens with two attached hydrogens (primary N) is 1. The van der Waals surface area contributed by atoms with Crippen molar-refractivity contribution in [1.82, 2.24) is 4.98 Å². The van der Waals surface area contributed by atoms with Crippen molar-refractivity contribution in [3.05, 3.63) is 77.9 Å². The maximum absolute atomic E-state index is 13.6. The first-order valence-electron chi connectivity index (χ1n) is 7.03. The molecular weight excluding hydrogens is 263 g/mol. The fourth-order valence-electron chi connectivity index (χ4n) is 2.83. The van der Waals surface area contributed by atoms with Crippen LogP contribution in [-0.2, 0) is 5.54 Å². The molecule has 0 bridgehead atoms. The monoisotopic (exact) mass is 280 g/mol. The average molecular weight is 280 g/mol. The lowest BCUT2D eigenvalue weighted by molar-refractivity contribution is 0.516. The third-order valence-corrected chi connectivity index (χ3v) is 4.06. The summed E-state index contributed by atoms with van der Waals surface area (Å²) in [5, 5.41) is 2.09. The predicted octanol–water partition coefficient (Wildman–Crippen LogP) is 3.99. The lowest BCUT2D eigenvalue weighted by Crippen LogP contribution is -2.37. The van der Waals surface area contributed by atoms with E-state index in [9.17, 15) is 4.39 Å². The van der Waals surface area contributed by atoms with Crippen LogP contribution in [0.15, 0.2) is 60.9 Å². The lowest BCUT2D eigenvalue weighted by atomic mass is 9.79. The summed E-state index contributed by atoms with van der Waals surface area (Å²) in [4.78, 5) is 4.15. The zero-order chi connectivity index (χ0) is 14.9. The molecule has 0 aliphatic rings. The van der Waals surface area contributed by atoms with Crippen LogP contribution in [0.4, 0.5) is 4.39 Å². The van der Waals surface area contributed by atoms with Crippen LogP contribution in [0.1, 0.15) is 24.5 Å². The van der Waals surface area contributed by atoms with Crippen LogP contribution in [0, 0.1) is 5.82 Å². The highest BCUT2D eigenvalue weighted by Crippen LogP contribution is 2.34. The third-order valence-electron chi connectivity index (χ3n) is 4.06. The Kier molecular flexibility index (Phi) is 3.43. The van der Waals surface area contributed by atoms with E-state index in [4.69, 9.17) is 5.73 Å². The summed E-state index contributed by atoms with van der Waals surface area (Å²) in [6.07, 6.45) is 4.26. The molecule has 0 saturated heterocycles. The Bertz CT molecular complexity index is 780. The summed E-state index contributed by atoms with van der Waals surface area (Å²) in [6, 6.07) is 14.5. The van der Waals surface area contributed by atoms with E-state index >= 15 is 0 Å². The maximum atomic E-state index is 13.6. The Morgan fingerprint density at radius 2 is 1.95 bits per heavy atom. The van der Waals surface area contributed by atoms with Crippen molar-refractivity contribution in [1.29, 1.82) is 0 Å². The van der Waals surface area contributed by atoms with E-state index in [0.29, 0.717) is 6.42 Å². The number of hydrogen-bond donors (Lipinski definition) is 1. The van der Waals surface area contributed by atoms with Gasteiger partial charge in [-0.15, -0.1) is 0 Å². The third kappa shape index (κ3) is 2.30. The Hall–Kier alpha value is -2.26. The van der Waals surface area contributed by atoms with Crippen molar-refractivity contribution in [3.63, 3.8) is 0 Å². The first-order chi connectivity index (χ1) is 10.1. The predicted molar refractivity (Wildman–Crippen MR) is 83.4 cm³/mol. The topological polar surface area (TPSA) is 38.9 Å². The molecule has 106 valence electrons. The standard InChI is InChI=1S/C18H17FN2/c1-2-18(20,14-6-4-7-15(19)11-14)17-8-3-5-13-12-21-10-9-16(13)17/h3-12H,2,20H2,1H3. The van der Waals surface area contributed by atoms with Crippen LogP contribution in [0.25, 0.3) is 10.8 Å². The van der Waals surface area contributed by atoms with Crippen LogP contribution >= 0.6 is 0 Å². The van der Waals surface area contributed by atoms with Gasteiger partial charge in [0.15, 0.2) is 0 Å². The van der Waals surface area contributed by atoms with E-state index in [2.05, 4.69) is 4.98 Å². The van der Waals surface area contributed by atoms with Crippen molar-refractivity contribution in [3.8, 4) is 0 Å². The lowest BCUT2D eigenvalue weighted by Gasteiger charge is -2.30. The first kappa shape index (κ1) is 13.7. The van der Waals surface area contributed by atoms with Crippen molar-refractivity contribution in [2.24, 2.45) is 5.73 Å². The van der Waals surface area contributed by atoms with Crippen molar-refractivity contribution in [2.45, 2.75) is 18.9 Å². The van der Waals surface area contributed by atoms with E-state index < -0.39 is 5.54 Å². The van der Waals surface area contributed by atoms with Gasteiger partial charge in [-0.2, -0.15) is 0 Å². The van der Waals surface area contributed by atoms with E-state index in [1.807, 2.05) is 43.5 Å². The fraction of sp³-hybridized carbons (Fsp3) is 0.167. The number of aromatic nitrogens is 1. The second-order valence-corrected chi connectivity index (χ2v) is 5.24. The minimum absolute atomic E-state index is 0.266. The van der Waals surface area contributed by atoms with E-state index in [-0.39, 0.29) is 5.82 Å². The molecule has 0 amide bonds. The average Bonchev–Trinajstić information content (AvgIpc) is 2.53. The summed E-state index contributed by atoms with van der Waals surface area (Å²) >= 11 is 0. The van der Waals surface area contributed by atoms with Crippen LogP contribution in [0.2, 0.25) is 0 Å². The minimum atomic E-state index is -0.719. The normalized spacial score (nSPS) is 14.0. The molecular formula is C18H17FN2. The summed E-state index contributed by atoms with van der Waals surface area (Å²) in [6.45, 7) is 2.02. The molecule has 21 heavy (non-hydrogen) atoms. The molecule has 2 aromatic carbocycles. The van der Waals surface area contributed by atoms with Gasteiger partial charge in [0, 0.05) is 17.8 Å². The largest absolute Gasteiger partial charge is 0.318 e. The Morgan fingerprint density at radius 1 is 1.14 bits per heavy atom. The second kappa shape index (κ2) is 5.26. The SMILES string of the molecule is CCC(N)(c1cccc(F)c1)c1cccc2cnccc12. The molecule has 0 aliphatic carbocycles. The molecule has 3 heteroatoms. The van der Waals surface area contributed by atoms with Crippen LogP contribution < -0.4 is 5.73 Å². The van der Waals surface area contributed by atoms with E-state index in [1.165, 1.54) is 12.1 Å². The van der Waals surface area contributed by atoms with Gasteiger partial charge >= 0.3 is 0 Å². The van der Waals surface area contributed by atoms with Crippen molar-refractivity contribution >= 4 is 10.8 Å². The molecule has 0 spiro atoms. The molecule has 2 nitrogen and oxygen atoms in total. The van der Waals surface area contributed by atoms with Gasteiger partial charge in [-0.25, -0.2) is 4.39 Å². The summed E-state index contributed by atoms with van der Waals surface area (Å²) < 4.78 is 13.6. The molecule has 0 aliphatic heterocycles. The van der Waals surface area contributed by atoms with Gasteiger partial charge < -0.3 is 5.73 Å². The smallest absolute Gasteiger partial charge is 0.123 e. The summed E-state index contributed by atoms with van der Waals surface area (Å²) in [7, 11) is 0. The number of nitrogens with zero attached hydrogens (tertiary/aromatic N) is 1. The van der Waals surface area contributed by atoms with Gasteiger partial charge in [0.1, 0.15) is 5.82 Å². The van der Waals surface area contributed by atoms with Gasteiger partial charge in [0.25, 0.3) is 0 Å². The van der Waals surface area contributed by atoms with Gasteiger partial charge in [-0.05, 0) is 41.1 Å². The zero-order valence-electron chi connectivity index (χ0n) is 11.9. The number of fused-ring (bicyclic) bond motifs is 1. The van der Waals surface area contributed by atoms with Gasteiger partial charge in [0.2, 0.25) is 0 Å². The molecule has 1 heterocycles. The molecule has 0 fully saturated rings. The zero-order valence-corrected chi connectivity index (χ0v) is 11.9. The fourth-order valence-corrected chi connectivity index (χ4v) is 2.83. The summed E-state index contributed by atoms with van der Waals surface area (Å²) in [5.41, 5.74) is 7.75. The highest BCUT2D eigenvalue weighted by Gasteiger charge is 2.29. The number of halogens is 1. The minimum Gasteiger partial charge on any atom is -0.318 e. The Labute approximate surface area is 123 Å². The van der Waals surface area contributed by atoms with E-state index in [1.54, 1.807) is 12.3 Å². The highest BCUT2D eigenvalue weighted by atomic mass is 19.1. The highest BCUT2D eigenvalue weighted by molar-refractivity contribution is 5.86. The van der Waals surface area contributed by atoms with Gasteiger partial charge in [-0.1, -0.05) is 37.3 Å². The maximum Gasteiger partial charge on any atom is 0.123 e. The molecule has 3 aromatic rings. The first-order valence-corrected chi connectivity index (χ1v) is 7.03. The van der Waals surface area contributed by atoms with Crippen molar-refractivity contribution in [2.75, 3.05) is 0 Å². The summed E-state index contributed by atoms with van der Waals surface area (Å²) in [5.74, 6) is -0.266. The quantitative estimate of drug-likeness (QED) is 0.788. The van der Waals surface area contributed by atoms with Crippen molar-refractivity contribution < 1.29 is 4.39 Å². The molecule has 1 atom stereocenters. The molecule has 1 aromatic heterocycles. The number of benzene rings is 2. The van der Waals surface area contributed by atoms with Gasteiger partial charge in [-0.3, -0.25) is 4.98 Å². The Balaban J connectivity index is 2.27.